The van der Waals surface area contributed by atoms with Gasteiger partial charge in [0.05, 0.1) is 34.8 Å². The number of aliphatic hydroxyl groups is 1. The van der Waals surface area contributed by atoms with Crippen molar-refractivity contribution in [2.45, 2.75) is 124 Å². The minimum Gasteiger partial charge on any atom is -0.507 e. The van der Waals surface area contributed by atoms with Gasteiger partial charge in [0.25, 0.3) is 11.7 Å². The van der Waals surface area contributed by atoms with Crippen LogP contribution in [0.2, 0.25) is 0 Å². The number of methoxy groups -OCH3 is 1. The van der Waals surface area contributed by atoms with Gasteiger partial charge in [0.15, 0.2) is 11.4 Å². The van der Waals surface area contributed by atoms with Gasteiger partial charge >= 0.3 is 11.8 Å². The Hall–Kier alpha value is -6.27. The number of allylic oxidation sites excluding steroid dienone is 4. The number of aromatic hydroxyl groups is 2. The van der Waals surface area contributed by atoms with Crippen LogP contribution in [0.15, 0.2) is 88.4 Å². The number of rotatable bonds is 10. The number of fused-ring (bicyclic) bond motifs is 13. The molecule has 3 aromatic rings. The van der Waals surface area contributed by atoms with E-state index in [1.807, 2.05) is 64.1 Å². The number of esters is 1. The number of hydrogen-bond acceptors (Lipinski definition) is 16. The zero-order valence-corrected chi connectivity index (χ0v) is 44.0. The lowest BCUT2D eigenvalue weighted by Crippen LogP contribution is -2.46. The molecule has 8 rings (SSSR count). The first-order valence-electron chi connectivity index (χ1n) is 25.5. The van der Waals surface area contributed by atoms with Gasteiger partial charge < -0.3 is 55.2 Å². The number of phenolic OH excluding ortho intramolecular Hbond substituents is 2. The first-order chi connectivity index (χ1) is 34.6. The van der Waals surface area contributed by atoms with Crippen LogP contribution in [-0.4, -0.2) is 106 Å². The molecule has 0 aromatic heterocycles. The largest absolute Gasteiger partial charge is 0.507 e. The second kappa shape index (κ2) is 22.5. The highest BCUT2D eigenvalue weighted by atomic mass is 16.7. The van der Waals surface area contributed by atoms with E-state index in [1.54, 1.807) is 32.1 Å². The Bertz CT molecular complexity index is 2820. The van der Waals surface area contributed by atoms with Crippen molar-refractivity contribution in [1.29, 1.82) is 0 Å². The van der Waals surface area contributed by atoms with E-state index in [0.29, 0.717) is 62.4 Å². The van der Waals surface area contributed by atoms with Gasteiger partial charge in [0.2, 0.25) is 0 Å². The number of aliphatic hydroxyl groups excluding tert-OH is 1. The monoisotopic (exact) mass is 1010 g/mol. The molecule has 0 aliphatic carbocycles. The number of piperidine rings is 1. The number of nitrogens with two attached hydrogens (primary N) is 2. The van der Waals surface area contributed by atoms with Crippen LogP contribution in [0.4, 0.5) is 5.69 Å². The molecule has 1 fully saturated rings. The Morgan fingerprint density at radius 1 is 1.01 bits per heavy atom. The molecular weight excluding hydrogens is 931 g/mol. The molecule has 5 aliphatic rings. The number of benzene rings is 3. The lowest BCUT2D eigenvalue weighted by atomic mass is 9.79. The number of ketones is 1. The number of Topliss-reactive ketones (excluding diaryl/α,β-unsaturated/α-hetero) is 1. The van der Waals surface area contributed by atoms with E-state index in [9.17, 15) is 29.7 Å². The average Bonchev–Trinajstić information content (AvgIpc) is 3.84. The Balaban J connectivity index is 1.26. The lowest BCUT2D eigenvalue weighted by Gasteiger charge is -2.37. The average molecular weight is 1010 g/mol. The number of ether oxygens (including phenoxy) is 4. The molecule has 73 heavy (non-hydrogen) atoms. The van der Waals surface area contributed by atoms with Crippen LogP contribution in [-0.2, 0) is 30.2 Å². The predicted molar refractivity (Wildman–Crippen MR) is 279 cm³/mol. The molecule has 0 radical (unpaired) electrons. The standard InChI is InChI=1S/C56H75N7O10/c1-31(2)28-62-24-22-56(23-25-62)60-45-42-43-49(66)37(8)52-44(42)53(68)55(9,73-52)71-26-21-40(70-10)35(6)51(72-41(64)30-63(58)29-39(57)20-19-38-17-12-11-13-18-38)36(7)48(65)34(5)27-32(3)15-14-16-33(4)54(69)59-47(50(43)67)46(45)61-56/h11-18,21,26,29,31-32,34-36,40,48,51,65-67H,19-20,22-25,27-28,30,57-58H2,1-10H3,(H,59,69)/b15-14+,26-21+,33-16-,39-29-/t32-,34+,35+,36+,40-,48+,51+,55-/m0/s1. The van der Waals surface area contributed by atoms with E-state index in [4.69, 9.17) is 40.5 Å². The summed E-state index contributed by atoms with van der Waals surface area (Å²) in [4.78, 5) is 55.5. The number of nitrogens with one attached hydrogen (secondary N) is 1. The molecule has 0 saturated carbocycles. The number of hydrazine groups is 1. The van der Waals surface area contributed by atoms with Gasteiger partial charge in [0.1, 0.15) is 35.2 Å². The third kappa shape index (κ3) is 11.8. The smallest absolute Gasteiger partial charge is 0.327 e. The highest BCUT2D eigenvalue weighted by molar-refractivity contribution is 6.19. The molecule has 5 heterocycles. The number of phenols is 2. The SMILES string of the molecule is CO[C@H]1/C=C/O[C@@]2(C)Oc3c(C)c(O)c4c(O)c(c5c(c4c3C2=O)=NC2(CCN(CC(C)C)CC2)N=5)NC(=O)/C(C)=C\C=C\[C@H](C)C[C@@H](C)[C@@H](O)[C@@H](C)[C@H](OC(=O)CN(N)/C=C(\N)CCc2ccccc2)[C@@H]1C. The van der Waals surface area contributed by atoms with Crippen LogP contribution >= 0.6 is 0 Å². The van der Waals surface area contributed by atoms with Gasteiger partial charge in [-0.25, -0.2) is 5.84 Å². The van der Waals surface area contributed by atoms with Gasteiger partial charge in [-0.15, -0.1) is 0 Å². The number of aryl methyl sites for hydroxylation is 1. The first-order valence-corrected chi connectivity index (χ1v) is 25.5. The zero-order valence-electron chi connectivity index (χ0n) is 44.0. The molecule has 1 saturated heterocycles. The van der Waals surface area contributed by atoms with E-state index in [1.165, 1.54) is 31.5 Å². The topological polar surface area (TPSA) is 244 Å². The number of anilines is 1. The third-order valence-corrected chi connectivity index (χ3v) is 14.8. The van der Waals surface area contributed by atoms with E-state index in [2.05, 4.69) is 24.1 Å². The number of amides is 1. The van der Waals surface area contributed by atoms with Gasteiger partial charge in [-0.1, -0.05) is 90.1 Å². The van der Waals surface area contributed by atoms with Crippen molar-refractivity contribution >= 4 is 34.1 Å². The van der Waals surface area contributed by atoms with Gasteiger partial charge in [0, 0.05) is 86.8 Å². The van der Waals surface area contributed by atoms with Gasteiger partial charge in [-0.3, -0.25) is 24.4 Å². The Morgan fingerprint density at radius 3 is 2.37 bits per heavy atom. The molecule has 17 heteroatoms. The number of carbonyl (C=O) groups is 3. The quantitative estimate of drug-likeness (QED) is 0.0560. The fourth-order valence-electron chi connectivity index (χ4n) is 10.7. The minimum absolute atomic E-state index is 0.0303. The molecular formula is C56H75N7O10. The minimum atomic E-state index is -1.98. The van der Waals surface area contributed by atoms with Crippen LogP contribution in [0.5, 0.6) is 17.2 Å². The predicted octanol–water partition coefficient (Wildman–Crippen LogP) is 6.37. The maximum Gasteiger partial charge on any atom is 0.327 e. The third-order valence-electron chi connectivity index (χ3n) is 14.8. The van der Waals surface area contributed by atoms with Crippen molar-refractivity contribution in [3.05, 3.63) is 106 Å². The van der Waals surface area contributed by atoms with Crippen molar-refractivity contribution in [2.75, 3.05) is 38.6 Å². The van der Waals surface area contributed by atoms with Gasteiger partial charge in [-0.05, 0) is 62.5 Å². The van der Waals surface area contributed by atoms with Crippen molar-refractivity contribution < 1.29 is 48.7 Å². The molecule has 1 amide bonds. The molecule has 0 unspecified atom stereocenters. The van der Waals surface area contributed by atoms with Crippen LogP contribution in [0.3, 0.4) is 0 Å². The molecule has 394 valence electrons. The zero-order chi connectivity index (χ0) is 53.1. The summed E-state index contributed by atoms with van der Waals surface area (Å²) in [6.07, 6.45) is 9.93. The van der Waals surface area contributed by atoms with E-state index < -0.39 is 65.0 Å². The van der Waals surface area contributed by atoms with Gasteiger partial charge in [-0.2, -0.15) is 0 Å². The first kappa shape index (κ1) is 54.5. The number of carbonyl (C=O) groups excluding carboxylic acids is 3. The molecule has 5 bridgehead atoms. The van der Waals surface area contributed by atoms with E-state index >= 15 is 0 Å². The summed E-state index contributed by atoms with van der Waals surface area (Å²) in [5, 5.41) is 40.7. The van der Waals surface area contributed by atoms with Crippen molar-refractivity contribution in [3.63, 3.8) is 0 Å². The summed E-state index contributed by atoms with van der Waals surface area (Å²) >= 11 is 0. The fourth-order valence-corrected chi connectivity index (χ4v) is 10.7. The summed E-state index contributed by atoms with van der Waals surface area (Å²) < 4.78 is 24.8. The van der Waals surface area contributed by atoms with Crippen molar-refractivity contribution in [3.8, 4) is 17.2 Å². The Labute approximate surface area is 428 Å². The number of nitrogens with zero attached hydrogens (tertiary/aromatic N) is 4. The summed E-state index contributed by atoms with van der Waals surface area (Å²) in [5.74, 6) is 0.587. The van der Waals surface area contributed by atoms with Crippen LogP contribution in [0.1, 0.15) is 103 Å². The van der Waals surface area contributed by atoms with Crippen LogP contribution in [0.25, 0.3) is 10.8 Å². The second-order valence-electron chi connectivity index (χ2n) is 21.2. The van der Waals surface area contributed by atoms with Crippen molar-refractivity contribution in [1.82, 2.24) is 9.91 Å². The molecule has 3 aromatic carbocycles. The molecule has 8 N–H and O–H groups in total. The second-order valence-corrected chi connectivity index (χ2v) is 21.2. The lowest BCUT2D eigenvalue weighted by molar-refractivity contribution is -0.162. The normalized spacial score (nSPS) is 28.4. The van der Waals surface area contributed by atoms with E-state index in [-0.39, 0.29) is 68.2 Å². The summed E-state index contributed by atoms with van der Waals surface area (Å²) in [6, 6.07) is 9.88. The molecule has 1 spiro atoms. The summed E-state index contributed by atoms with van der Waals surface area (Å²) in [7, 11) is 1.49. The van der Waals surface area contributed by atoms with E-state index in [0.717, 1.165) is 12.1 Å². The fraction of sp³-hybridized carbons (Fsp3) is 0.518. The van der Waals surface area contributed by atoms with Crippen molar-refractivity contribution in [2.24, 2.45) is 51.2 Å². The molecule has 5 aliphatic heterocycles. The van der Waals surface area contributed by atoms with Crippen LogP contribution < -0.4 is 32.3 Å². The maximum atomic E-state index is 14.9. The summed E-state index contributed by atoms with van der Waals surface area (Å²) in [6.45, 7) is 18.6. The maximum absolute atomic E-state index is 14.9. The molecule has 8 atom stereocenters. The highest BCUT2D eigenvalue weighted by Gasteiger charge is 2.50. The Kier molecular flexibility index (Phi) is 16.8. The molecule has 17 nitrogen and oxygen atoms in total. The highest BCUT2D eigenvalue weighted by Crippen LogP contribution is 2.50. The Morgan fingerprint density at radius 2 is 1.70 bits per heavy atom. The summed E-state index contributed by atoms with van der Waals surface area (Å²) in [5.41, 5.74) is 7.41. The number of hydrogen-bond donors (Lipinski definition) is 6. The number of likely N-dealkylation sites (tertiary alicyclic amines) is 1. The van der Waals surface area contributed by atoms with Crippen LogP contribution in [0, 0.1) is 36.5 Å².